The molecule has 0 bridgehead atoms. The number of esters is 2. The molecule has 0 aromatic rings. The summed E-state index contributed by atoms with van der Waals surface area (Å²) >= 11 is 0. The third kappa shape index (κ3) is 7.30. The number of rotatable bonds is 0. The maximum absolute atomic E-state index is 10.4. The van der Waals surface area contributed by atoms with Gasteiger partial charge in [-0.1, -0.05) is 0 Å². The van der Waals surface area contributed by atoms with Crippen LogP contribution in [0.4, 0.5) is 0 Å². The van der Waals surface area contributed by atoms with Gasteiger partial charge in [0.2, 0.25) is 6.79 Å². The standard InChI is InChI=1S/C5H6O4.2K/c6-4-1-2-5(7)9-3-8-4;;/h1-3H2;;. The Morgan fingerprint density at radius 1 is 0.909 bits per heavy atom. The molecular weight excluding hydrogens is 202 g/mol. The molecule has 0 atom stereocenters. The first-order chi connectivity index (χ1) is 4.29. The van der Waals surface area contributed by atoms with Gasteiger partial charge in [0, 0.05) is 103 Å². The first kappa shape index (κ1) is 15.7. The summed E-state index contributed by atoms with van der Waals surface area (Å²) in [6, 6.07) is 0. The average Bonchev–Trinajstić information content (AvgIpc) is 1.97. The SMILES string of the molecule is O=C1CCC(=O)OCO1.[K].[K]. The van der Waals surface area contributed by atoms with Crippen LogP contribution >= 0.6 is 0 Å². The van der Waals surface area contributed by atoms with E-state index >= 15 is 0 Å². The monoisotopic (exact) mass is 208 g/mol. The van der Waals surface area contributed by atoms with Gasteiger partial charge in [0.25, 0.3) is 0 Å². The molecule has 0 aromatic heterocycles. The van der Waals surface area contributed by atoms with Crippen molar-refractivity contribution in [3.05, 3.63) is 0 Å². The molecule has 0 N–H and O–H groups in total. The van der Waals surface area contributed by atoms with Gasteiger partial charge in [-0.15, -0.1) is 0 Å². The van der Waals surface area contributed by atoms with E-state index in [0.717, 1.165) is 0 Å². The molecule has 2 radical (unpaired) electrons. The molecule has 11 heavy (non-hydrogen) atoms. The van der Waals surface area contributed by atoms with Crippen molar-refractivity contribution >= 4 is 115 Å². The van der Waals surface area contributed by atoms with Gasteiger partial charge in [0.15, 0.2) is 0 Å². The minimum atomic E-state index is -0.374. The molecule has 52 valence electrons. The zero-order valence-electron chi connectivity index (χ0n) is 6.75. The summed E-state index contributed by atoms with van der Waals surface area (Å²) in [6.45, 7) is -0.225. The summed E-state index contributed by atoms with van der Waals surface area (Å²) in [5, 5.41) is 0. The number of cyclic esters (lactones) is 2. The Kier molecular flexibility index (Phi) is 12.5. The molecular formula is C5H6K2O4. The summed E-state index contributed by atoms with van der Waals surface area (Å²) in [5.41, 5.74) is 0. The summed E-state index contributed by atoms with van der Waals surface area (Å²) in [6.07, 6.45) is 0.275. The topological polar surface area (TPSA) is 52.6 Å². The fraction of sp³-hybridized carbons (Fsp3) is 0.600. The second-order valence-corrected chi connectivity index (χ2v) is 1.65. The number of hydrogen-bond donors (Lipinski definition) is 0. The minimum absolute atomic E-state index is 0. The van der Waals surface area contributed by atoms with Gasteiger partial charge in [-0.2, -0.15) is 0 Å². The number of carbonyl (C=O) groups excluding carboxylic acids is 2. The molecule has 1 aliphatic heterocycles. The van der Waals surface area contributed by atoms with E-state index in [-0.39, 0.29) is 134 Å². The van der Waals surface area contributed by atoms with Crippen LogP contribution in [0.25, 0.3) is 0 Å². The summed E-state index contributed by atoms with van der Waals surface area (Å²) in [5.74, 6) is -0.748. The summed E-state index contributed by atoms with van der Waals surface area (Å²) in [4.78, 5) is 20.7. The second kappa shape index (κ2) is 8.80. The van der Waals surface area contributed by atoms with E-state index in [1.807, 2.05) is 0 Å². The third-order valence-corrected chi connectivity index (χ3v) is 0.973. The van der Waals surface area contributed by atoms with Crippen molar-refractivity contribution in [1.82, 2.24) is 0 Å². The number of hydrogen-bond acceptors (Lipinski definition) is 4. The van der Waals surface area contributed by atoms with Crippen LogP contribution in [0.5, 0.6) is 0 Å². The molecule has 0 spiro atoms. The molecule has 0 saturated carbocycles. The van der Waals surface area contributed by atoms with Crippen LogP contribution in [0.2, 0.25) is 0 Å². The van der Waals surface area contributed by atoms with Crippen LogP contribution < -0.4 is 0 Å². The molecule has 0 unspecified atom stereocenters. The minimum Gasteiger partial charge on any atom is -0.428 e. The zero-order valence-corrected chi connectivity index (χ0v) is 13.0. The van der Waals surface area contributed by atoms with Gasteiger partial charge >= 0.3 is 11.9 Å². The van der Waals surface area contributed by atoms with Crippen LogP contribution in [0.15, 0.2) is 0 Å². The van der Waals surface area contributed by atoms with Crippen molar-refractivity contribution in [2.45, 2.75) is 12.8 Å². The van der Waals surface area contributed by atoms with Crippen LogP contribution in [-0.4, -0.2) is 122 Å². The Balaban J connectivity index is 0. The third-order valence-electron chi connectivity index (χ3n) is 0.973. The predicted molar refractivity (Wildman–Crippen MR) is 37.8 cm³/mol. The maximum atomic E-state index is 10.4. The van der Waals surface area contributed by atoms with Crippen molar-refractivity contribution in [3.8, 4) is 0 Å². The molecule has 1 aliphatic rings. The largest absolute Gasteiger partial charge is 0.428 e. The first-order valence-electron chi connectivity index (χ1n) is 2.60. The quantitative estimate of drug-likeness (QED) is 0.381. The number of ether oxygens (including phenoxy) is 2. The molecule has 0 aliphatic carbocycles. The molecule has 1 fully saturated rings. The molecule has 0 amide bonds. The zero-order chi connectivity index (χ0) is 6.69. The smallest absolute Gasteiger partial charge is 0.309 e. The van der Waals surface area contributed by atoms with Crippen LogP contribution in [0, 0.1) is 0 Å². The van der Waals surface area contributed by atoms with Crippen molar-refractivity contribution < 1.29 is 19.1 Å². The molecule has 1 heterocycles. The van der Waals surface area contributed by atoms with E-state index in [1.165, 1.54) is 0 Å². The van der Waals surface area contributed by atoms with Crippen LogP contribution in [0.1, 0.15) is 12.8 Å². The van der Waals surface area contributed by atoms with E-state index in [9.17, 15) is 9.59 Å². The Morgan fingerprint density at radius 3 is 1.64 bits per heavy atom. The van der Waals surface area contributed by atoms with Crippen LogP contribution in [0.3, 0.4) is 0 Å². The Labute approximate surface area is 150 Å². The Hall–Kier alpha value is 2.21. The van der Waals surface area contributed by atoms with Gasteiger partial charge < -0.3 is 9.47 Å². The van der Waals surface area contributed by atoms with E-state index in [1.54, 1.807) is 0 Å². The van der Waals surface area contributed by atoms with Gasteiger partial charge in [-0.3, -0.25) is 9.59 Å². The maximum Gasteiger partial charge on any atom is 0.309 e. The van der Waals surface area contributed by atoms with E-state index < -0.39 is 0 Å². The average molecular weight is 208 g/mol. The van der Waals surface area contributed by atoms with Crippen molar-refractivity contribution in [1.29, 1.82) is 0 Å². The van der Waals surface area contributed by atoms with Gasteiger partial charge in [-0.25, -0.2) is 0 Å². The van der Waals surface area contributed by atoms with Crippen molar-refractivity contribution in [2.75, 3.05) is 6.79 Å². The Morgan fingerprint density at radius 2 is 1.27 bits per heavy atom. The normalized spacial score (nSPS) is 16.4. The molecule has 1 saturated heterocycles. The van der Waals surface area contributed by atoms with E-state index in [0.29, 0.717) is 0 Å². The first-order valence-corrected chi connectivity index (χ1v) is 2.60. The molecule has 4 nitrogen and oxygen atoms in total. The predicted octanol–water partition coefficient (Wildman–Crippen LogP) is -0.938. The fourth-order valence-electron chi connectivity index (χ4n) is 0.509. The van der Waals surface area contributed by atoms with Gasteiger partial charge in [0.1, 0.15) is 0 Å². The van der Waals surface area contributed by atoms with E-state index in [4.69, 9.17) is 0 Å². The van der Waals surface area contributed by atoms with Crippen molar-refractivity contribution in [2.24, 2.45) is 0 Å². The molecule has 1 rings (SSSR count). The van der Waals surface area contributed by atoms with Crippen LogP contribution in [-0.2, 0) is 19.1 Å². The van der Waals surface area contributed by atoms with Crippen molar-refractivity contribution in [3.63, 3.8) is 0 Å². The fourth-order valence-corrected chi connectivity index (χ4v) is 0.509. The second-order valence-electron chi connectivity index (χ2n) is 1.65. The number of carbonyl (C=O) groups is 2. The van der Waals surface area contributed by atoms with Gasteiger partial charge in [0.05, 0.1) is 12.8 Å². The Bertz CT molecular complexity index is 131. The molecule has 6 heteroatoms. The van der Waals surface area contributed by atoms with E-state index in [2.05, 4.69) is 9.47 Å². The van der Waals surface area contributed by atoms with Gasteiger partial charge in [-0.05, 0) is 0 Å². The molecule has 0 aromatic carbocycles. The summed E-state index contributed by atoms with van der Waals surface area (Å²) in [7, 11) is 0. The summed E-state index contributed by atoms with van der Waals surface area (Å²) < 4.78 is 8.78.